The van der Waals surface area contributed by atoms with Gasteiger partial charge in [0.1, 0.15) is 6.61 Å². The first-order valence-corrected chi connectivity index (χ1v) is 35.4. The van der Waals surface area contributed by atoms with Gasteiger partial charge in [0, 0.05) is 12.8 Å². The summed E-state index contributed by atoms with van der Waals surface area (Å²) in [5.41, 5.74) is 0. The van der Waals surface area contributed by atoms with Gasteiger partial charge in [0.2, 0.25) is 0 Å². The third kappa shape index (κ3) is 70.3. The van der Waals surface area contributed by atoms with Crippen molar-refractivity contribution < 1.29 is 24.2 Å². The molecule has 1 unspecified atom stereocenters. The van der Waals surface area contributed by atoms with Gasteiger partial charge < -0.3 is 14.6 Å². The smallest absolute Gasteiger partial charge is 0.306 e. The van der Waals surface area contributed by atoms with Crippen molar-refractivity contribution in [2.24, 2.45) is 0 Å². The molecule has 0 spiro atoms. The molecule has 0 fully saturated rings. The van der Waals surface area contributed by atoms with Gasteiger partial charge in [0.15, 0.2) is 6.10 Å². The van der Waals surface area contributed by atoms with E-state index in [2.05, 4.69) is 160 Å². The number of esters is 2. The summed E-state index contributed by atoms with van der Waals surface area (Å²) in [4.78, 5) is 24.7. The van der Waals surface area contributed by atoms with Crippen LogP contribution in [0.4, 0.5) is 0 Å². The second kappa shape index (κ2) is 73.0. The highest BCUT2D eigenvalue weighted by Crippen LogP contribution is 2.17. The summed E-state index contributed by atoms with van der Waals surface area (Å²) >= 11 is 0. The zero-order valence-corrected chi connectivity index (χ0v) is 54.9. The molecule has 5 nitrogen and oxygen atoms in total. The van der Waals surface area contributed by atoms with E-state index in [0.29, 0.717) is 12.8 Å². The number of aliphatic hydroxyl groups excluding tert-OH is 1. The Hall–Kier alpha value is -4.22. The third-order valence-corrected chi connectivity index (χ3v) is 15.1. The predicted octanol–water partition coefficient (Wildman–Crippen LogP) is 24.9. The minimum atomic E-state index is -0.783. The Morgan fingerprint density at radius 3 is 0.714 bits per heavy atom. The Bertz CT molecular complexity index is 1750. The van der Waals surface area contributed by atoms with Crippen LogP contribution in [0.5, 0.6) is 0 Å². The minimum absolute atomic E-state index is 0.0714. The van der Waals surface area contributed by atoms with E-state index in [0.717, 1.165) is 116 Å². The summed E-state index contributed by atoms with van der Waals surface area (Å²) in [6.45, 7) is 3.93. The Morgan fingerprint density at radius 2 is 0.476 bits per heavy atom. The second-order valence-electron chi connectivity index (χ2n) is 23.2. The van der Waals surface area contributed by atoms with Crippen LogP contribution >= 0.6 is 0 Å². The lowest BCUT2D eigenvalue weighted by Gasteiger charge is -2.15. The average molecular weight is 1160 g/mol. The van der Waals surface area contributed by atoms with Gasteiger partial charge in [0.25, 0.3) is 0 Å². The standard InChI is InChI=1S/C79H132O5/c1-3-5-7-9-11-13-15-17-19-21-23-25-27-29-31-33-35-37-39-41-43-45-47-49-51-53-55-57-59-61-63-65-67-69-71-73-78(81)83-76-77(75-80)84-79(82)74-72-70-68-66-64-62-60-58-56-54-52-50-48-46-44-42-40-38-36-34-32-30-28-26-24-22-20-18-16-14-12-10-8-6-4-2/h5-8,11-14,17-20,23-26,30,32,36,38,42,44,48,50,77,80H,3-4,9-10,15-16,21-22,27-29,31,33-35,37,39-41,43,45-47,49,51-76H2,1-2H3/b7-5-,8-6-,13-11-,14-12-,19-17-,20-18-,25-23-,26-24-,32-30-,38-36-,44-42-,50-48-. The largest absolute Gasteiger partial charge is 0.462 e. The van der Waals surface area contributed by atoms with Crippen LogP contribution in [0.1, 0.15) is 322 Å². The lowest BCUT2D eigenvalue weighted by Crippen LogP contribution is -2.28. The van der Waals surface area contributed by atoms with Crippen molar-refractivity contribution in [3.8, 4) is 0 Å². The molecule has 0 aromatic carbocycles. The van der Waals surface area contributed by atoms with E-state index in [9.17, 15) is 14.7 Å². The van der Waals surface area contributed by atoms with E-state index >= 15 is 0 Å². The van der Waals surface area contributed by atoms with Gasteiger partial charge in [-0.05, 0) is 116 Å². The lowest BCUT2D eigenvalue weighted by atomic mass is 10.0. The first kappa shape index (κ1) is 79.8. The summed E-state index contributed by atoms with van der Waals surface area (Å²) in [5, 5.41) is 9.71. The maximum Gasteiger partial charge on any atom is 0.306 e. The Morgan fingerprint density at radius 1 is 0.274 bits per heavy atom. The number of hydrogen-bond acceptors (Lipinski definition) is 5. The number of allylic oxidation sites excluding steroid dienone is 24. The van der Waals surface area contributed by atoms with E-state index in [-0.39, 0.29) is 25.2 Å². The zero-order chi connectivity index (χ0) is 60.5. The summed E-state index contributed by atoms with van der Waals surface area (Å²) in [6.07, 6.45) is 110. The van der Waals surface area contributed by atoms with E-state index in [1.807, 2.05) is 0 Å². The highest BCUT2D eigenvalue weighted by molar-refractivity contribution is 5.70. The van der Waals surface area contributed by atoms with E-state index in [1.165, 1.54) is 180 Å². The highest BCUT2D eigenvalue weighted by Gasteiger charge is 2.16. The fourth-order valence-corrected chi connectivity index (χ4v) is 9.92. The van der Waals surface area contributed by atoms with E-state index < -0.39 is 6.10 Å². The molecule has 0 aliphatic carbocycles. The molecule has 0 aromatic rings. The van der Waals surface area contributed by atoms with Crippen LogP contribution in [0.3, 0.4) is 0 Å². The lowest BCUT2D eigenvalue weighted by molar-refractivity contribution is -0.161. The minimum Gasteiger partial charge on any atom is -0.462 e. The van der Waals surface area contributed by atoms with Crippen molar-refractivity contribution in [3.63, 3.8) is 0 Å². The van der Waals surface area contributed by atoms with Crippen LogP contribution in [-0.4, -0.2) is 36.4 Å². The van der Waals surface area contributed by atoms with Crippen LogP contribution in [0.25, 0.3) is 0 Å². The summed E-state index contributed by atoms with van der Waals surface area (Å²) in [5.74, 6) is -0.590. The second-order valence-corrected chi connectivity index (χ2v) is 23.2. The highest BCUT2D eigenvalue weighted by atomic mass is 16.6. The van der Waals surface area contributed by atoms with E-state index in [4.69, 9.17) is 9.47 Å². The van der Waals surface area contributed by atoms with Crippen LogP contribution in [0, 0.1) is 0 Å². The number of aliphatic hydroxyl groups is 1. The summed E-state index contributed by atoms with van der Waals surface area (Å²) in [6, 6.07) is 0. The number of carbonyl (C=O) groups is 2. The molecule has 0 saturated carbocycles. The molecule has 0 radical (unpaired) electrons. The molecule has 0 heterocycles. The molecule has 0 bridgehead atoms. The number of rotatable bonds is 64. The SMILES string of the molecule is CC/C=C\C/C=C\C/C=C\C/C=C\C/C=C\C/C=C\C/C=C\C/C=C\CCCCCCCCCCCCC(=O)OC(CO)COC(=O)CCCCCCCCCCCCCCCCCCCCCCCC/C=C\C/C=C\C/C=C\C/C=C\CC. The van der Waals surface area contributed by atoms with Gasteiger partial charge in [-0.25, -0.2) is 0 Å². The predicted molar refractivity (Wildman–Crippen MR) is 371 cm³/mol. The van der Waals surface area contributed by atoms with Crippen molar-refractivity contribution in [2.45, 2.75) is 328 Å². The van der Waals surface area contributed by atoms with Crippen molar-refractivity contribution >= 4 is 11.9 Å². The fraction of sp³-hybridized carbons (Fsp3) is 0.671. The van der Waals surface area contributed by atoms with Crippen LogP contribution in [0.15, 0.2) is 146 Å². The Kier molecular flexibility index (Phi) is 69.4. The first-order valence-electron chi connectivity index (χ1n) is 35.4. The fourth-order valence-electron chi connectivity index (χ4n) is 9.92. The number of ether oxygens (including phenoxy) is 2. The van der Waals surface area contributed by atoms with Crippen LogP contribution in [-0.2, 0) is 19.1 Å². The molecule has 0 saturated heterocycles. The molecular formula is C79H132O5. The molecule has 1 atom stereocenters. The number of hydrogen-bond donors (Lipinski definition) is 1. The molecule has 0 aromatic heterocycles. The van der Waals surface area contributed by atoms with Crippen molar-refractivity contribution in [1.29, 1.82) is 0 Å². The normalized spacial score (nSPS) is 13.1. The van der Waals surface area contributed by atoms with Crippen LogP contribution in [0.2, 0.25) is 0 Å². The number of carbonyl (C=O) groups excluding carboxylic acids is 2. The molecular weight excluding hydrogens is 1030 g/mol. The monoisotopic (exact) mass is 1160 g/mol. The van der Waals surface area contributed by atoms with Gasteiger partial charge in [-0.3, -0.25) is 9.59 Å². The Labute approximate surface area is 520 Å². The van der Waals surface area contributed by atoms with Crippen LogP contribution < -0.4 is 0 Å². The van der Waals surface area contributed by atoms with E-state index in [1.54, 1.807) is 0 Å². The maximum atomic E-state index is 12.4. The van der Waals surface area contributed by atoms with Gasteiger partial charge in [-0.1, -0.05) is 339 Å². The zero-order valence-electron chi connectivity index (χ0n) is 54.9. The number of unbranched alkanes of at least 4 members (excludes halogenated alkanes) is 32. The maximum absolute atomic E-state index is 12.4. The van der Waals surface area contributed by atoms with Crippen molar-refractivity contribution in [3.05, 3.63) is 146 Å². The van der Waals surface area contributed by atoms with Gasteiger partial charge in [-0.15, -0.1) is 0 Å². The average Bonchev–Trinajstić information content (AvgIpc) is 3.51. The molecule has 0 aliphatic rings. The van der Waals surface area contributed by atoms with Gasteiger partial charge >= 0.3 is 11.9 Å². The summed E-state index contributed by atoms with van der Waals surface area (Å²) in [7, 11) is 0. The molecule has 84 heavy (non-hydrogen) atoms. The third-order valence-electron chi connectivity index (χ3n) is 15.1. The van der Waals surface area contributed by atoms with Crippen molar-refractivity contribution in [2.75, 3.05) is 13.2 Å². The first-order chi connectivity index (χ1) is 41.6. The topological polar surface area (TPSA) is 72.8 Å². The molecule has 0 amide bonds. The van der Waals surface area contributed by atoms with Gasteiger partial charge in [-0.2, -0.15) is 0 Å². The Balaban J connectivity index is 3.49. The van der Waals surface area contributed by atoms with Crippen molar-refractivity contribution in [1.82, 2.24) is 0 Å². The molecule has 5 heteroatoms. The molecule has 478 valence electrons. The molecule has 1 N–H and O–H groups in total. The molecule has 0 aliphatic heterocycles. The quantitative estimate of drug-likeness (QED) is 0.0373. The molecule has 0 rings (SSSR count). The summed E-state index contributed by atoms with van der Waals surface area (Å²) < 4.78 is 10.8. The van der Waals surface area contributed by atoms with Gasteiger partial charge in [0.05, 0.1) is 6.61 Å².